The third-order valence-corrected chi connectivity index (χ3v) is 10.4. The number of amides is 2. The Labute approximate surface area is 230 Å². The van der Waals surface area contributed by atoms with Gasteiger partial charge >= 0.3 is 0 Å². The highest BCUT2D eigenvalue weighted by atomic mass is 32.2. The second kappa shape index (κ2) is 9.93. The largest absolute Gasteiger partial charge is 0.274 e. The number of nitrogens with zero attached hydrogens (tertiary/aromatic N) is 3. The Morgan fingerprint density at radius 2 is 1.72 bits per heavy atom. The van der Waals surface area contributed by atoms with Crippen molar-refractivity contribution in [3.63, 3.8) is 0 Å². The van der Waals surface area contributed by atoms with Gasteiger partial charge in [-0.25, -0.2) is 22.7 Å². The topological polar surface area (TPSA) is 87.7 Å². The number of hydrogen-bond donors (Lipinski definition) is 0. The van der Waals surface area contributed by atoms with E-state index in [-0.39, 0.29) is 11.3 Å². The number of fused-ring (bicyclic) bond motifs is 1. The minimum atomic E-state index is -4.23. The number of aromatic nitrogens is 1. The molecule has 0 bridgehead atoms. The number of anilines is 1. The number of benzene rings is 3. The summed E-state index contributed by atoms with van der Waals surface area (Å²) in [5.74, 6) is -1.67. The van der Waals surface area contributed by atoms with E-state index in [0.717, 1.165) is 47.7 Å². The third kappa shape index (κ3) is 4.88. The maximum Gasteiger partial charge on any atom is 0.252 e. The van der Waals surface area contributed by atoms with Crippen LogP contribution in [0, 0.1) is 12.7 Å². The summed E-state index contributed by atoms with van der Waals surface area (Å²) >= 11 is 1.56. The standard InChI is InChI=1S/C29H28FN3O4S2/c1-5-29(3,4)33(39(36,37)22-13-9-20(30)10-14-22)24-17-26(34)32(28(24)35)21-11-7-19(8-12-21)27-31-23-15-6-18(2)16-25(23)38-27/h6-16,24H,5,17H2,1-4H3. The van der Waals surface area contributed by atoms with Crippen molar-refractivity contribution in [2.75, 3.05) is 4.90 Å². The van der Waals surface area contributed by atoms with Crippen LogP contribution in [0.3, 0.4) is 0 Å². The van der Waals surface area contributed by atoms with Gasteiger partial charge in [-0.1, -0.05) is 13.0 Å². The minimum absolute atomic E-state index is 0.139. The van der Waals surface area contributed by atoms with Crippen LogP contribution in [0.5, 0.6) is 0 Å². The first-order valence-electron chi connectivity index (χ1n) is 12.6. The van der Waals surface area contributed by atoms with Crippen LogP contribution >= 0.6 is 11.3 Å². The molecule has 0 spiro atoms. The molecule has 0 saturated carbocycles. The molecule has 1 aliphatic heterocycles. The van der Waals surface area contributed by atoms with Gasteiger partial charge in [0.1, 0.15) is 16.9 Å². The number of sulfonamides is 1. The molecule has 2 amide bonds. The van der Waals surface area contributed by atoms with E-state index in [1.165, 1.54) is 12.1 Å². The summed E-state index contributed by atoms with van der Waals surface area (Å²) in [6.07, 6.45) is 0.101. The molecule has 10 heteroatoms. The van der Waals surface area contributed by atoms with Crippen LogP contribution in [0.15, 0.2) is 71.6 Å². The molecule has 0 N–H and O–H groups in total. The van der Waals surface area contributed by atoms with Crippen molar-refractivity contribution >= 4 is 49.1 Å². The van der Waals surface area contributed by atoms with Gasteiger partial charge in [0.05, 0.1) is 27.2 Å². The number of rotatable bonds is 7. The van der Waals surface area contributed by atoms with E-state index < -0.39 is 39.2 Å². The number of halogens is 1. The summed E-state index contributed by atoms with van der Waals surface area (Å²) < 4.78 is 43.2. The molecule has 1 fully saturated rings. The lowest BCUT2D eigenvalue weighted by atomic mass is 10.00. The molecule has 1 aromatic heterocycles. The maximum absolute atomic E-state index is 13.7. The summed E-state index contributed by atoms with van der Waals surface area (Å²) in [6.45, 7) is 7.26. The number of imide groups is 1. The van der Waals surface area contributed by atoms with E-state index in [2.05, 4.69) is 11.1 Å². The van der Waals surface area contributed by atoms with Gasteiger partial charge in [-0.05, 0) is 93.4 Å². The van der Waals surface area contributed by atoms with Crippen LogP contribution in [-0.2, 0) is 19.6 Å². The van der Waals surface area contributed by atoms with Crippen LogP contribution in [0.4, 0.5) is 10.1 Å². The number of hydrogen-bond acceptors (Lipinski definition) is 6. The molecule has 1 saturated heterocycles. The van der Waals surface area contributed by atoms with Gasteiger partial charge in [0, 0.05) is 11.1 Å². The summed E-state index contributed by atoms with van der Waals surface area (Å²) in [6, 6.07) is 16.3. The van der Waals surface area contributed by atoms with Gasteiger partial charge in [-0.2, -0.15) is 4.31 Å². The number of aryl methyl sites for hydroxylation is 1. The lowest BCUT2D eigenvalue weighted by molar-refractivity contribution is -0.122. The normalized spacial score (nSPS) is 16.6. The molecule has 39 heavy (non-hydrogen) atoms. The minimum Gasteiger partial charge on any atom is -0.274 e. The van der Waals surface area contributed by atoms with Crippen LogP contribution in [0.2, 0.25) is 0 Å². The van der Waals surface area contributed by atoms with E-state index in [1.807, 2.05) is 26.0 Å². The molecular formula is C29H28FN3O4S2. The highest BCUT2D eigenvalue weighted by molar-refractivity contribution is 7.89. The van der Waals surface area contributed by atoms with Gasteiger partial charge < -0.3 is 0 Å². The zero-order valence-electron chi connectivity index (χ0n) is 22.0. The summed E-state index contributed by atoms with van der Waals surface area (Å²) in [4.78, 5) is 32.4. The fourth-order valence-electron chi connectivity index (χ4n) is 4.77. The lowest BCUT2D eigenvalue weighted by Gasteiger charge is -2.39. The van der Waals surface area contributed by atoms with Crippen LogP contribution in [-0.4, -0.2) is 41.1 Å². The summed E-state index contributed by atoms with van der Waals surface area (Å²) in [7, 11) is -4.23. The highest BCUT2D eigenvalue weighted by Crippen LogP contribution is 2.37. The van der Waals surface area contributed by atoms with Crippen LogP contribution < -0.4 is 4.90 Å². The van der Waals surface area contributed by atoms with E-state index in [1.54, 1.807) is 49.4 Å². The molecule has 4 aromatic rings. The lowest BCUT2D eigenvalue weighted by Crippen LogP contribution is -2.55. The molecule has 0 aliphatic carbocycles. The molecule has 202 valence electrons. The summed E-state index contributed by atoms with van der Waals surface area (Å²) in [5.41, 5.74) is 2.27. The number of thiazole rings is 1. The Bertz CT molecular complexity index is 1680. The molecule has 3 aromatic carbocycles. The predicted octanol–water partition coefficient (Wildman–Crippen LogP) is 5.92. The second-order valence-corrected chi connectivity index (χ2v) is 13.1. The van der Waals surface area contributed by atoms with Crippen LogP contribution in [0.25, 0.3) is 20.8 Å². The molecule has 5 rings (SSSR count). The quantitative estimate of drug-likeness (QED) is 0.260. The molecular weight excluding hydrogens is 537 g/mol. The van der Waals surface area contributed by atoms with Gasteiger partial charge in [0.15, 0.2) is 0 Å². The molecule has 1 aliphatic rings. The van der Waals surface area contributed by atoms with E-state index >= 15 is 0 Å². The SMILES string of the molecule is CCC(C)(C)N(C1CC(=O)N(c2ccc(-c3nc4ccc(C)cc4s3)cc2)C1=O)S(=O)(=O)c1ccc(F)cc1. The van der Waals surface area contributed by atoms with E-state index in [0.29, 0.717) is 12.1 Å². The van der Waals surface area contributed by atoms with Crippen molar-refractivity contribution in [1.82, 2.24) is 9.29 Å². The zero-order chi connectivity index (χ0) is 28.1. The van der Waals surface area contributed by atoms with Crippen LogP contribution in [0.1, 0.15) is 39.2 Å². The van der Waals surface area contributed by atoms with Crippen molar-refractivity contribution in [2.45, 2.75) is 57.0 Å². The van der Waals surface area contributed by atoms with Crippen molar-refractivity contribution in [1.29, 1.82) is 0 Å². The summed E-state index contributed by atoms with van der Waals surface area (Å²) in [5, 5.41) is 0.820. The molecule has 7 nitrogen and oxygen atoms in total. The van der Waals surface area contributed by atoms with E-state index in [9.17, 15) is 22.4 Å². The first-order valence-corrected chi connectivity index (χ1v) is 14.8. The molecule has 0 radical (unpaired) electrons. The fourth-order valence-corrected chi connectivity index (χ4v) is 7.83. The van der Waals surface area contributed by atoms with Gasteiger partial charge in [0.2, 0.25) is 15.9 Å². The smallest absolute Gasteiger partial charge is 0.252 e. The molecule has 1 atom stereocenters. The first-order chi connectivity index (χ1) is 18.4. The second-order valence-electron chi connectivity index (χ2n) is 10.2. The Hall–Kier alpha value is -3.47. The predicted molar refractivity (Wildman–Crippen MR) is 150 cm³/mol. The van der Waals surface area contributed by atoms with Gasteiger partial charge in [-0.15, -0.1) is 11.3 Å². The highest BCUT2D eigenvalue weighted by Gasteiger charge is 2.51. The molecule has 1 unspecified atom stereocenters. The Morgan fingerprint density at radius 1 is 1.05 bits per heavy atom. The number of carbonyl (C=O) groups excluding carboxylic acids is 2. The van der Waals surface area contributed by atoms with Crippen molar-refractivity contribution in [3.05, 3.63) is 78.1 Å². The van der Waals surface area contributed by atoms with Gasteiger partial charge in [-0.3, -0.25) is 9.59 Å². The molecule has 2 heterocycles. The van der Waals surface area contributed by atoms with Crippen molar-refractivity contribution in [3.8, 4) is 10.6 Å². The Balaban J connectivity index is 1.47. The Kier molecular flexibility index (Phi) is 6.90. The number of carbonyl (C=O) groups is 2. The van der Waals surface area contributed by atoms with Gasteiger partial charge in [0.25, 0.3) is 5.91 Å². The Morgan fingerprint density at radius 3 is 2.36 bits per heavy atom. The van der Waals surface area contributed by atoms with Crippen molar-refractivity contribution < 1.29 is 22.4 Å². The monoisotopic (exact) mass is 565 g/mol. The fraction of sp³-hybridized carbons (Fsp3) is 0.276. The van der Waals surface area contributed by atoms with Crippen molar-refractivity contribution in [2.24, 2.45) is 0 Å². The average Bonchev–Trinajstić information content (AvgIpc) is 3.44. The van der Waals surface area contributed by atoms with E-state index in [4.69, 9.17) is 0 Å². The zero-order valence-corrected chi connectivity index (χ0v) is 23.6. The third-order valence-electron chi connectivity index (χ3n) is 7.15. The average molecular weight is 566 g/mol. The maximum atomic E-state index is 13.7. The first kappa shape index (κ1) is 27.1.